The van der Waals surface area contributed by atoms with Crippen molar-refractivity contribution in [2.45, 2.75) is 19.4 Å². The van der Waals surface area contributed by atoms with Crippen LogP contribution in [0.25, 0.3) is 0 Å². The van der Waals surface area contributed by atoms with Crippen LogP contribution in [0.4, 0.5) is 5.82 Å². The number of carbonyl (C=O) groups excluding carboxylic acids is 1. The number of carbonyl (C=O) groups is 1. The number of aromatic nitrogens is 1. The van der Waals surface area contributed by atoms with E-state index in [4.69, 9.17) is 0 Å². The second-order valence-corrected chi connectivity index (χ2v) is 6.41. The lowest BCUT2D eigenvalue weighted by molar-refractivity contribution is -0.125. The topological polar surface area (TPSA) is 48.5 Å². The third-order valence-corrected chi connectivity index (χ3v) is 4.77. The number of pyridine rings is 1. The zero-order chi connectivity index (χ0) is 17.5. The highest BCUT2D eigenvalue weighted by Crippen LogP contribution is 2.14. The standard InChI is InChI=1S/C20H26N4O/c1-17(20(25)22-12-10-18-7-3-2-4-8-18)23-13-15-24(16-14-23)19-9-5-6-11-21-19/h2-9,11,17H,10,12-16H2,1H3,(H,22,25)/t17-/m1/s1. The van der Waals surface area contributed by atoms with Crippen LogP contribution in [0.15, 0.2) is 54.7 Å². The number of nitrogens with one attached hydrogen (secondary N) is 1. The largest absolute Gasteiger partial charge is 0.354 e. The van der Waals surface area contributed by atoms with Gasteiger partial charge in [0, 0.05) is 38.9 Å². The van der Waals surface area contributed by atoms with Crippen LogP contribution >= 0.6 is 0 Å². The van der Waals surface area contributed by atoms with Crippen molar-refractivity contribution in [3.63, 3.8) is 0 Å². The number of benzene rings is 1. The van der Waals surface area contributed by atoms with Gasteiger partial charge in [-0.05, 0) is 31.0 Å². The maximum atomic E-state index is 12.4. The molecule has 5 heteroatoms. The lowest BCUT2D eigenvalue weighted by Gasteiger charge is -2.37. The summed E-state index contributed by atoms with van der Waals surface area (Å²) in [5.74, 6) is 1.13. The molecule has 0 saturated carbocycles. The SMILES string of the molecule is C[C@H](C(=O)NCCc1ccccc1)N1CCN(c2ccccn2)CC1. The fourth-order valence-electron chi connectivity index (χ4n) is 3.17. The number of hydrogen-bond donors (Lipinski definition) is 1. The van der Waals surface area contributed by atoms with Gasteiger partial charge in [0.25, 0.3) is 0 Å². The summed E-state index contributed by atoms with van der Waals surface area (Å²) in [6.07, 6.45) is 2.69. The van der Waals surface area contributed by atoms with Gasteiger partial charge in [0.15, 0.2) is 0 Å². The molecule has 0 aliphatic carbocycles. The Labute approximate surface area is 149 Å². The number of amides is 1. The maximum absolute atomic E-state index is 12.4. The zero-order valence-electron chi connectivity index (χ0n) is 14.8. The Morgan fingerprint density at radius 2 is 1.80 bits per heavy atom. The van der Waals surface area contributed by atoms with Crippen molar-refractivity contribution in [3.05, 3.63) is 60.3 Å². The van der Waals surface area contributed by atoms with Crippen molar-refractivity contribution < 1.29 is 4.79 Å². The van der Waals surface area contributed by atoms with E-state index in [1.165, 1.54) is 5.56 Å². The summed E-state index contributed by atoms with van der Waals surface area (Å²) in [5.41, 5.74) is 1.25. The molecule has 1 saturated heterocycles. The predicted octanol–water partition coefficient (Wildman–Crippen LogP) is 1.95. The molecular formula is C20H26N4O. The smallest absolute Gasteiger partial charge is 0.237 e. The van der Waals surface area contributed by atoms with Crippen LogP contribution in [0.3, 0.4) is 0 Å². The average Bonchev–Trinajstić information content (AvgIpc) is 2.69. The zero-order valence-corrected chi connectivity index (χ0v) is 14.8. The minimum atomic E-state index is -0.0957. The molecule has 1 atom stereocenters. The summed E-state index contributed by atoms with van der Waals surface area (Å²) in [6, 6.07) is 16.1. The van der Waals surface area contributed by atoms with Gasteiger partial charge in [-0.1, -0.05) is 36.4 Å². The van der Waals surface area contributed by atoms with E-state index in [9.17, 15) is 4.79 Å². The third-order valence-electron chi connectivity index (χ3n) is 4.77. The molecule has 2 aromatic rings. The molecule has 5 nitrogen and oxygen atoms in total. The number of anilines is 1. The van der Waals surface area contributed by atoms with Crippen LogP contribution in [0.2, 0.25) is 0 Å². The molecule has 0 bridgehead atoms. The van der Waals surface area contributed by atoms with Crippen LogP contribution in [-0.2, 0) is 11.2 Å². The van der Waals surface area contributed by atoms with Gasteiger partial charge in [-0.3, -0.25) is 9.69 Å². The van der Waals surface area contributed by atoms with Crippen LogP contribution in [0, 0.1) is 0 Å². The van der Waals surface area contributed by atoms with Gasteiger partial charge < -0.3 is 10.2 Å². The molecule has 1 N–H and O–H groups in total. The minimum Gasteiger partial charge on any atom is -0.354 e. The predicted molar refractivity (Wildman–Crippen MR) is 101 cm³/mol. The van der Waals surface area contributed by atoms with Crippen molar-refractivity contribution in [1.29, 1.82) is 0 Å². The van der Waals surface area contributed by atoms with Gasteiger partial charge in [0.2, 0.25) is 5.91 Å². The first-order valence-corrected chi connectivity index (χ1v) is 8.96. The highest BCUT2D eigenvalue weighted by atomic mass is 16.2. The van der Waals surface area contributed by atoms with E-state index in [1.54, 1.807) is 0 Å². The maximum Gasteiger partial charge on any atom is 0.237 e. The molecule has 1 aromatic carbocycles. The van der Waals surface area contributed by atoms with Crippen molar-refractivity contribution in [3.8, 4) is 0 Å². The number of piperazine rings is 1. The summed E-state index contributed by atoms with van der Waals surface area (Å²) in [7, 11) is 0. The fourth-order valence-corrected chi connectivity index (χ4v) is 3.17. The Hall–Kier alpha value is -2.40. The van der Waals surface area contributed by atoms with Gasteiger partial charge in [-0.15, -0.1) is 0 Å². The Bertz CT molecular complexity index is 654. The second-order valence-electron chi connectivity index (χ2n) is 6.41. The number of hydrogen-bond acceptors (Lipinski definition) is 4. The van der Waals surface area contributed by atoms with Gasteiger partial charge >= 0.3 is 0 Å². The lowest BCUT2D eigenvalue weighted by atomic mass is 10.1. The van der Waals surface area contributed by atoms with Gasteiger partial charge in [-0.25, -0.2) is 4.98 Å². The Morgan fingerprint density at radius 3 is 2.48 bits per heavy atom. The highest BCUT2D eigenvalue weighted by molar-refractivity contribution is 5.81. The Morgan fingerprint density at radius 1 is 1.08 bits per heavy atom. The minimum absolute atomic E-state index is 0.0957. The van der Waals surface area contributed by atoms with E-state index in [-0.39, 0.29) is 11.9 Å². The van der Waals surface area contributed by atoms with E-state index in [2.05, 4.69) is 32.2 Å². The Balaban J connectivity index is 1.42. The lowest BCUT2D eigenvalue weighted by Crippen LogP contribution is -2.54. The van der Waals surface area contributed by atoms with Crippen molar-refractivity contribution >= 4 is 11.7 Å². The fraction of sp³-hybridized carbons (Fsp3) is 0.400. The van der Waals surface area contributed by atoms with Crippen molar-refractivity contribution in [1.82, 2.24) is 15.2 Å². The highest BCUT2D eigenvalue weighted by Gasteiger charge is 2.25. The van der Waals surface area contributed by atoms with Crippen LogP contribution in [0.1, 0.15) is 12.5 Å². The molecule has 2 heterocycles. The molecule has 1 amide bonds. The summed E-state index contributed by atoms with van der Waals surface area (Å²) in [5, 5.41) is 3.06. The van der Waals surface area contributed by atoms with Crippen molar-refractivity contribution in [2.75, 3.05) is 37.6 Å². The molecule has 3 rings (SSSR count). The third kappa shape index (κ3) is 4.79. The molecule has 1 aromatic heterocycles. The summed E-state index contributed by atoms with van der Waals surface area (Å²) < 4.78 is 0. The normalized spacial score (nSPS) is 16.4. The van der Waals surface area contributed by atoms with Gasteiger partial charge in [0.05, 0.1) is 6.04 Å². The molecular weight excluding hydrogens is 312 g/mol. The van der Waals surface area contributed by atoms with E-state index in [0.717, 1.165) is 38.4 Å². The van der Waals surface area contributed by atoms with E-state index in [0.29, 0.717) is 6.54 Å². The van der Waals surface area contributed by atoms with Crippen LogP contribution in [0.5, 0.6) is 0 Å². The molecule has 1 aliphatic rings. The summed E-state index contributed by atoms with van der Waals surface area (Å²) in [4.78, 5) is 21.3. The molecule has 25 heavy (non-hydrogen) atoms. The summed E-state index contributed by atoms with van der Waals surface area (Å²) in [6.45, 7) is 6.24. The van der Waals surface area contributed by atoms with E-state index in [1.807, 2.05) is 49.5 Å². The number of rotatable bonds is 6. The average molecular weight is 338 g/mol. The van der Waals surface area contributed by atoms with E-state index < -0.39 is 0 Å². The van der Waals surface area contributed by atoms with Gasteiger partial charge in [0.1, 0.15) is 5.82 Å². The molecule has 1 aliphatic heterocycles. The molecule has 0 radical (unpaired) electrons. The first-order valence-electron chi connectivity index (χ1n) is 8.96. The second kappa shape index (κ2) is 8.62. The van der Waals surface area contributed by atoms with E-state index >= 15 is 0 Å². The first-order chi connectivity index (χ1) is 12.2. The molecule has 0 unspecified atom stereocenters. The quantitative estimate of drug-likeness (QED) is 0.875. The van der Waals surface area contributed by atoms with Gasteiger partial charge in [-0.2, -0.15) is 0 Å². The van der Waals surface area contributed by atoms with Crippen LogP contribution < -0.4 is 10.2 Å². The molecule has 1 fully saturated rings. The Kier molecular flexibility index (Phi) is 6.01. The monoisotopic (exact) mass is 338 g/mol. The summed E-state index contributed by atoms with van der Waals surface area (Å²) >= 11 is 0. The molecule has 132 valence electrons. The number of nitrogens with zero attached hydrogens (tertiary/aromatic N) is 3. The first kappa shape index (κ1) is 17.4. The van der Waals surface area contributed by atoms with Crippen molar-refractivity contribution in [2.24, 2.45) is 0 Å². The molecule has 0 spiro atoms. The van der Waals surface area contributed by atoms with Crippen LogP contribution in [-0.4, -0.2) is 54.6 Å².